The number of aromatic hydroxyl groups is 1. The highest BCUT2D eigenvalue weighted by atomic mass is 79.9. The molecule has 1 atom stereocenters. The number of hydrogen-bond donors (Lipinski definition) is 3. The highest BCUT2D eigenvalue weighted by Gasteiger charge is 2.39. The fourth-order valence-electron chi connectivity index (χ4n) is 1.15. The van der Waals surface area contributed by atoms with E-state index in [1.807, 2.05) is 0 Å². The van der Waals surface area contributed by atoms with Gasteiger partial charge >= 0.3 is 0 Å². The van der Waals surface area contributed by atoms with Crippen LogP contribution in [0.5, 0.6) is 5.75 Å². The average molecular weight is 317 g/mol. The van der Waals surface area contributed by atoms with Crippen molar-refractivity contribution in [2.45, 2.75) is 12.0 Å². The normalized spacial score (nSPS) is 13.9. The summed E-state index contributed by atoms with van der Waals surface area (Å²) in [6.45, 7) is -1.41. The van der Waals surface area contributed by atoms with Crippen LogP contribution in [0.2, 0.25) is 5.02 Å². The molecule has 0 aliphatic carbocycles. The number of alkyl halides is 2. The summed E-state index contributed by atoms with van der Waals surface area (Å²) in [5.74, 6) is -3.94. The Bertz CT molecular complexity index is 403. The summed E-state index contributed by atoms with van der Waals surface area (Å²) in [7, 11) is 0. The summed E-state index contributed by atoms with van der Waals surface area (Å²) >= 11 is 8.61. The number of benzene rings is 1. The van der Waals surface area contributed by atoms with Crippen molar-refractivity contribution in [1.82, 2.24) is 0 Å². The average Bonchev–Trinajstić information content (AvgIpc) is 2.22. The lowest BCUT2D eigenvalue weighted by molar-refractivity contribution is -0.0716. The molecule has 3 nitrogen and oxygen atoms in total. The Hall–Kier alpha value is -0.430. The molecule has 4 N–H and O–H groups in total. The van der Waals surface area contributed by atoms with Gasteiger partial charge in [-0.25, -0.2) is 8.78 Å². The van der Waals surface area contributed by atoms with Crippen LogP contribution in [0.15, 0.2) is 16.6 Å². The second kappa shape index (κ2) is 4.83. The number of nitrogens with two attached hydrogens (primary N) is 1. The highest BCUT2D eigenvalue weighted by molar-refractivity contribution is 9.10. The molecule has 7 heteroatoms. The molecule has 0 fully saturated rings. The maximum Gasteiger partial charge on any atom is 0.289 e. The Morgan fingerprint density at radius 3 is 2.56 bits per heavy atom. The van der Waals surface area contributed by atoms with Gasteiger partial charge in [0.1, 0.15) is 18.4 Å². The first-order valence-electron chi connectivity index (χ1n) is 4.21. The van der Waals surface area contributed by atoms with Gasteiger partial charge in [-0.15, -0.1) is 0 Å². The minimum absolute atomic E-state index is 0.156. The molecule has 0 saturated heterocycles. The first kappa shape index (κ1) is 13.6. The van der Waals surface area contributed by atoms with Crippen LogP contribution in [0.3, 0.4) is 0 Å². The third kappa shape index (κ3) is 2.63. The molecule has 0 bridgehead atoms. The number of rotatable bonds is 3. The SMILES string of the molecule is N[C@H](c1cc(Cl)cc(Br)c1O)C(F)(F)CO. The van der Waals surface area contributed by atoms with Crippen LogP contribution in [0, 0.1) is 0 Å². The van der Waals surface area contributed by atoms with Gasteiger partial charge in [0.05, 0.1) is 4.47 Å². The monoisotopic (exact) mass is 315 g/mol. The number of halogens is 4. The zero-order valence-corrected chi connectivity index (χ0v) is 10.3. The van der Waals surface area contributed by atoms with Crippen molar-refractivity contribution in [2.24, 2.45) is 5.73 Å². The van der Waals surface area contributed by atoms with Crippen molar-refractivity contribution in [3.8, 4) is 5.75 Å². The lowest BCUT2D eigenvalue weighted by Crippen LogP contribution is -2.36. The van der Waals surface area contributed by atoms with Gasteiger partial charge < -0.3 is 15.9 Å². The quantitative estimate of drug-likeness (QED) is 0.802. The molecule has 1 aromatic carbocycles. The second-order valence-electron chi connectivity index (χ2n) is 3.22. The molecular weight excluding hydrogens is 307 g/mol. The van der Waals surface area contributed by atoms with Gasteiger partial charge in [0.15, 0.2) is 0 Å². The predicted molar refractivity (Wildman–Crippen MR) is 59.8 cm³/mol. The molecule has 0 radical (unpaired) electrons. The summed E-state index contributed by atoms with van der Waals surface area (Å²) in [6, 6.07) is 0.660. The Morgan fingerprint density at radius 2 is 2.06 bits per heavy atom. The molecule has 0 heterocycles. The Kier molecular flexibility index (Phi) is 4.12. The van der Waals surface area contributed by atoms with Crippen molar-refractivity contribution < 1.29 is 19.0 Å². The van der Waals surface area contributed by atoms with Crippen molar-refractivity contribution in [2.75, 3.05) is 6.61 Å². The van der Waals surface area contributed by atoms with E-state index >= 15 is 0 Å². The van der Waals surface area contributed by atoms with Crippen molar-refractivity contribution >= 4 is 27.5 Å². The molecule has 0 amide bonds. The number of aliphatic hydroxyl groups is 1. The molecular formula is C9H9BrClF2NO2. The van der Waals surface area contributed by atoms with E-state index in [2.05, 4.69) is 15.9 Å². The first-order valence-corrected chi connectivity index (χ1v) is 5.39. The van der Waals surface area contributed by atoms with Gasteiger partial charge in [0.2, 0.25) is 0 Å². The number of phenols is 1. The molecule has 0 saturated carbocycles. The maximum atomic E-state index is 13.1. The van der Waals surface area contributed by atoms with Crippen LogP contribution in [0.25, 0.3) is 0 Å². The maximum absolute atomic E-state index is 13.1. The smallest absolute Gasteiger partial charge is 0.289 e. The molecule has 0 aliphatic rings. The molecule has 0 aromatic heterocycles. The second-order valence-corrected chi connectivity index (χ2v) is 4.51. The summed E-state index contributed by atoms with van der Waals surface area (Å²) < 4.78 is 26.4. The largest absolute Gasteiger partial charge is 0.506 e. The topological polar surface area (TPSA) is 66.5 Å². The van der Waals surface area contributed by atoms with Crippen LogP contribution in [0.4, 0.5) is 8.78 Å². The van der Waals surface area contributed by atoms with Crippen molar-refractivity contribution in [3.63, 3.8) is 0 Å². The van der Waals surface area contributed by atoms with E-state index < -0.39 is 24.3 Å². The lowest BCUT2D eigenvalue weighted by Gasteiger charge is -2.22. The molecule has 0 spiro atoms. The van der Waals surface area contributed by atoms with E-state index in [9.17, 15) is 13.9 Å². The molecule has 0 unspecified atom stereocenters. The number of hydrogen-bond acceptors (Lipinski definition) is 3. The summed E-state index contributed by atoms with van der Waals surface area (Å²) in [6.07, 6.45) is 0. The van der Waals surface area contributed by atoms with Gasteiger partial charge in [-0.2, -0.15) is 0 Å². The van der Waals surface area contributed by atoms with Crippen LogP contribution in [-0.2, 0) is 0 Å². The predicted octanol–water partition coefficient (Wildman–Crippen LogP) is 2.44. The molecule has 1 aromatic rings. The highest BCUT2D eigenvalue weighted by Crippen LogP contribution is 2.39. The van der Waals surface area contributed by atoms with Gasteiger partial charge in [-0.05, 0) is 28.1 Å². The zero-order valence-electron chi connectivity index (χ0n) is 7.92. The molecule has 0 aliphatic heterocycles. The molecule has 1 rings (SSSR count). The third-order valence-corrected chi connectivity index (χ3v) is 2.88. The van der Waals surface area contributed by atoms with Gasteiger partial charge in [-0.1, -0.05) is 11.6 Å². The van der Waals surface area contributed by atoms with E-state index in [1.54, 1.807) is 0 Å². The van der Waals surface area contributed by atoms with Gasteiger partial charge in [-0.3, -0.25) is 0 Å². The van der Waals surface area contributed by atoms with E-state index in [0.717, 1.165) is 6.07 Å². The molecule has 90 valence electrons. The fraction of sp³-hybridized carbons (Fsp3) is 0.333. The van der Waals surface area contributed by atoms with Gasteiger partial charge in [0, 0.05) is 10.6 Å². The molecule has 16 heavy (non-hydrogen) atoms. The van der Waals surface area contributed by atoms with E-state index in [1.165, 1.54) is 6.07 Å². The van der Waals surface area contributed by atoms with Crippen LogP contribution in [0.1, 0.15) is 11.6 Å². The Balaban J connectivity index is 3.23. The standard InChI is InChI=1S/C9H9BrClF2NO2/c10-6-2-4(11)1-5(7(6)16)8(14)9(12,13)3-15/h1-2,8,15-16H,3,14H2/t8-/m1/s1. The summed E-state index contributed by atoms with van der Waals surface area (Å²) in [5, 5.41) is 18.2. The fourth-order valence-corrected chi connectivity index (χ4v) is 1.98. The van der Waals surface area contributed by atoms with E-state index in [0.29, 0.717) is 0 Å². The zero-order chi connectivity index (χ0) is 12.5. The summed E-state index contributed by atoms with van der Waals surface area (Å²) in [5.41, 5.74) is 5.05. The Labute approximate surface area is 104 Å². The van der Waals surface area contributed by atoms with E-state index in [-0.39, 0.29) is 15.1 Å². The van der Waals surface area contributed by atoms with Crippen LogP contribution < -0.4 is 5.73 Å². The minimum atomic E-state index is -3.53. The number of aliphatic hydroxyl groups excluding tert-OH is 1. The van der Waals surface area contributed by atoms with Crippen LogP contribution >= 0.6 is 27.5 Å². The Morgan fingerprint density at radius 1 is 1.50 bits per heavy atom. The van der Waals surface area contributed by atoms with Crippen molar-refractivity contribution in [1.29, 1.82) is 0 Å². The summed E-state index contributed by atoms with van der Waals surface area (Å²) in [4.78, 5) is 0. The third-order valence-electron chi connectivity index (χ3n) is 2.06. The van der Waals surface area contributed by atoms with Crippen LogP contribution in [-0.4, -0.2) is 22.7 Å². The first-order chi connectivity index (χ1) is 7.29. The minimum Gasteiger partial charge on any atom is -0.506 e. The lowest BCUT2D eigenvalue weighted by atomic mass is 10.0. The van der Waals surface area contributed by atoms with Gasteiger partial charge in [0.25, 0.3) is 5.92 Å². The number of phenolic OH excluding ortho intramolecular Hbond substituents is 1. The van der Waals surface area contributed by atoms with Crippen molar-refractivity contribution in [3.05, 3.63) is 27.2 Å². The van der Waals surface area contributed by atoms with E-state index in [4.69, 9.17) is 22.4 Å².